The lowest BCUT2D eigenvalue weighted by molar-refractivity contribution is -0.387. The van der Waals surface area contributed by atoms with E-state index in [0.29, 0.717) is 27.7 Å². The maximum atomic E-state index is 15.9. The number of aliphatic imine (C=N–C) groups is 1. The van der Waals surface area contributed by atoms with E-state index in [1.807, 2.05) is 0 Å². The van der Waals surface area contributed by atoms with Crippen LogP contribution in [0.1, 0.15) is 53.9 Å². The molecule has 4 heterocycles. The van der Waals surface area contributed by atoms with Crippen LogP contribution in [-0.4, -0.2) is 60.3 Å². The molecule has 4 rings (SSSR count). The van der Waals surface area contributed by atoms with Crippen molar-refractivity contribution in [2.45, 2.75) is 53.1 Å². The molecule has 13 nitrogen and oxygen atoms in total. The van der Waals surface area contributed by atoms with Crippen molar-refractivity contribution in [2.75, 3.05) is 0 Å². The lowest BCUT2D eigenvalue weighted by Gasteiger charge is -2.16. The average Bonchev–Trinajstić information content (AvgIpc) is 3.55. The molecule has 0 radical (unpaired) electrons. The van der Waals surface area contributed by atoms with Crippen molar-refractivity contribution in [3.05, 3.63) is 98.0 Å². The van der Waals surface area contributed by atoms with Crippen LogP contribution in [0.15, 0.2) is 52.4 Å². The number of hydrogen-bond acceptors (Lipinski definition) is 10. The van der Waals surface area contributed by atoms with Gasteiger partial charge in [-0.25, -0.2) is 13.8 Å². The second-order valence-electron chi connectivity index (χ2n) is 9.62. The highest BCUT2D eigenvalue weighted by molar-refractivity contribution is 6.31. The van der Waals surface area contributed by atoms with Crippen molar-refractivity contribution in [3.63, 3.8) is 0 Å². The Morgan fingerprint density at radius 3 is 2.49 bits per heavy atom. The molecule has 0 aliphatic heterocycles. The van der Waals surface area contributed by atoms with Gasteiger partial charge in [-0.1, -0.05) is 29.4 Å². The zero-order chi connectivity index (χ0) is 31.6. The highest BCUT2D eigenvalue weighted by Crippen LogP contribution is 2.27. The van der Waals surface area contributed by atoms with Crippen molar-refractivity contribution in [1.82, 2.24) is 39.3 Å². The van der Waals surface area contributed by atoms with E-state index >= 15 is 8.78 Å². The standard InChI is InChI=1S/C27H28ClF2N9O4/c1-6-8-31-24(19-7-9-32-25(23(19)30)38-16(4)34-35-17(38)5)21(29)13-37-15(3)11-20(22(28)26(37)40)14(2)10-18-12-33-39(36-18)27(41,42)43/h6-9,11-14,41-43H,10H2,1-5H3/b8-6+,21-13-,31-24+. The fourth-order valence-corrected chi connectivity index (χ4v) is 4.68. The smallest absolute Gasteiger partial charge is 0.323 e. The molecule has 1 atom stereocenters. The molecule has 0 aromatic carbocycles. The molecule has 226 valence electrons. The molecule has 0 aliphatic rings. The van der Waals surface area contributed by atoms with Gasteiger partial charge >= 0.3 is 6.10 Å². The van der Waals surface area contributed by atoms with Gasteiger partial charge in [0, 0.05) is 23.7 Å². The summed E-state index contributed by atoms with van der Waals surface area (Å²) in [5.74, 6) is -1.70. The van der Waals surface area contributed by atoms with Gasteiger partial charge in [-0.15, -0.1) is 10.2 Å². The van der Waals surface area contributed by atoms with E-state index < -0.39 is 34.9 Å². The predicted molar refractivity (Wildman–Crippen MR) is 153 cm³/mol. The number of pyridine rings is 2. The summed E-state index contributed by atoms with van der Waals surface area (Å²) < 4.78 is 34.1. The summed E-state index contributed by atoms with van der Waals surface area (Å²) in [6, 6.07) is 2.85. The molecule has 0 amide bonds. The van der Waals surface area contributed by atoms with Crippen molar-refractivity contribution in [2.24, 2.45) is 4.99 Å². The monoisotopic (exact) mass is 615 g/mol. The lowest BCUT2D eigenvalue weighted by Crippen LogP contribution is -2.34. The molecule has 0 spiro atoms. The molecule has 0 fully saturated rings. The molecule has 0 saturated carbocycles. The van der Waals surface area contributed by atoms with Crippen LogP contribution in [0.2, 0.25) is 5.02 Å². The Kier molecular flexibility index (Phi) is 9.10. The van der Waals surface area contributed by atoms with E-state index in [-0.39, 0.29) is 28.5 Å². The van der Waals surface area contributed by atoms with Crippen LogP contribution in [0.25, 0.3) is 12.0 Å². The first-order valence-corrected chi connectivity index (χ1v) is 13.2. The van der Waals surface area contributed by atoms with Gasteiger partial charge in [-0.3, -0.25) is 18.9 Å². The van der Waals surface area contributed by atoms with E-state index in [1.165, 1.54) is 35.3 Å². The Morgan fingerprint density at radius 1 is 1.21 bits per heavy atom. The molecular weight excluding hydrogens is 588 g/mol. The summed E-state index contributed by atoms with van der Waals surface area (Å²) in [5, 5.41) is 42.7. The minimum atomic E-state index is -3.27. The van der Waals surface area contributed by atoms with Gasteiger partial charge in [-0.2, -0.15) is 10.2 Å². The quantitative estimate of drug-likeness (QED) is 0.189. The fraction of sp³-hybridized carbons (Fsp3) is 0.296. The number of aliphatic hydroxyl groups is 3. The summed E-state index contributed by atoms with van der Waals surface area (Å²) in [5.41, 5.74) is -0.334. The summed E-state index contributed by atoms with van der Waals surface area (Å²) in [4.78, 5) is 21.8. The summed E-state index contributed by atoms with van der Waals surface area (Å²) >= 11 is 6.44. The van der Waals surface area contributed by atoms with Crippen molar-refractivity contribution >= 4 is 23.5 Å². The third-order valence-corrected chi connectivity index (χ3v) is 6.78. The Morgan fingerprint density at radius 2 is 1.88 bits per heavy atom. The summed E-state index contributed by atoms with van der Waals surface area (Å²) in [6.07, 6.45) is 3.12. The molecular formula is C27H28ClF2N9O4. The molecule has 4 aromatic rings. The Labute approximate surface area is 248 Å². The number of hydrogen-bond donors (Lipinski definition) is 3. The highest BCUT2D eigenvalue weighted by atomic mass is 35.5. The molecule has 16 heteroatoms. The predicted octanol–water partition coefficient (Wildman–Crippen LogP) is 2.81. The first kappa shape index (κ1) is 31.5. The third kappa shape index (κ3) is 6.49. The van der Waals surface area contributed by atoms with E-state index in [4.69, 9.17) is 11.6 Å². The third-order valence-electron chi connectivity index (χ3n) is 6.40. The van der Waals surface area contributed by atoms with Crippen LogP contribution >= 0.6 is 11.6 Å². The number of halogens is 3. The van der Waals surface area contributed by atoms with Crippen LogP contribution in [0.5, 0.6) is 0 Å². The van der Waals surface area contributed by atoms with Crippen LogP contribution in [0.3, 0.4) is 0 Å². The topological polar surface area (TPSA) is 169 Å². The van der Waals surface area contributed by atoms with Gasteiger partial charge in [0.1, 0.15) is 22.4 Å². The maximum Gasteiger partial charge on any atom is 0.405 e. The highest BCUT2D eigenvalue weighted by Gasteiger charge is 2.26. The van der Waals surface area contributed by atoms with Gasteiger partial charge in [0.2, 0.25) is 0 Å². The maximum absolute atomic E-state index is 15.9. The molecule has 43 heavy (non-hydrogen) atoms. The first-order chi connectivity index (χ1) is 20.2. The summed E-state index contributed by atoms with van der Waals surface area (Å²) in [7, 11) is 0. The van der Waals surface area contributed by atoms with Crippen LogP contribution < -0.4 is 5.56 Å². The van der Waals surface area contributed by atoms with Crippen LogP contribution in [0.4, 0.5) is 8.78 Å². The van der Waals surface area contributed by atoms with Crippen LogP contribution in [0, 0.1) is 26.6 Å². The minimum absolute atomic E-state index is 0.143. The number of rotatable bonds is 9. The molecule has 0 bridgehead atoms. The lowest BCUT2D eigenvalue weighted by atomic mass is 9.96. The Balaban J connectivity index is 1.73. The number of allylic oxidation sites excluding steroid dienone is 2. The SMILES string of the molecule is C/C=C/N=C(/C(F)=C/n1c(C)cc(C(C)Cc2cnn(C(O)(O)O)n2)c(Cl)c1=O)c1ccnc(-n2c(C)nnc2C)c1F. The number of aryl methyl sites for hydroxylation is 3. The first-order valence-electron chi connectivity index (χ1n) is 12.8. The Hall–Kier alpha value is -4.44. The van der Waals surface area contributed by atoms with E-state index in [2.05, 4.69) is 30.4 Å². The van der Waals surface area contributed by atoms with Gasteiger partial charge in [0.05, 0.1) is 18.1 Å². The van der Waals surface area contributed by atoms with Gasteiger partial charge < -0.3 is 15.3 Å². The van der Waals surface area contributed by atoms with Gasteiger partial charge in [0.25, 0.3) is 5.56 Å². The zero-order valence-electron chi connectivity index (χ0n) is 23.7. The van der Waals surface area contributed by atoms with Crippen molar-refractivity contribution in [1.29, 1.82) is 0 Å². The van der Waals surface area contributed by atoms with Crippen LogP contribution in [-0.2, 0) is 12.5 Å². The number of nitrogens with zero attached hydrogens (tertiary/aromatic N) is 9. The fourth-order valence-electron chi connectivity index (χ4n) is 4.35. The zero-order valence-corrected chi connectivity index (χ0v) is 24.5. The van der Waals surface area contributed by atoms with Crippen molar-refractivity contribution < 1.29 is 24.1 Å². The second-order valence-corrected chi connectivity index (χ2v) is 10.0. The van der Waals surface area contributed by atoms with E-state index in [9.17, 15) is 20.1 Å². The van der Waals surface area contributed by atoms with E-state index in [0.717, 1.165) is 10.8 Å². The molecule has 1 unspecified atom stereocenters. The normalized spacial score (nSPS) is 13.7. The van der Waals surface area contributed by atoms with Gasteiger partial charge in [0.15, 0.2) is 17.5 Å². The average molecular weight is 616 g/mol. The van der Waals surface area contributed by atoms with Gasteiger partial charge in [-0.05, 0) is 57.7 Å². The molecule has 0 aliphatic carbocycles. The minimum Gasteiger partial charge on any atom is -0.323 e. The van der Waals surface area contributed by atoms with Crippen molar-refractivity contribution in [3.8, 4) is 5.82 Å². The Bertz CT molecular complexity index is 1800. The second kappa shape index (κ2) is 12.4. The summed E-state index contributed by atoms with van der Waals surface area (Å²) in [6.45, 7) is 8.22. The molecule has 0 saturated heterocycles. The molecule has 3 N–H and O–H groups in total. The largest absolute Gasteiger partial charge is 0.405 e. The van der Waals surface area contributed by atoms with E-state index in [1.54, 1.807) is 40.7 Å². The number of aromatic nitrogens is 8. The molecule has 4 aromatic heterocycles.